The number of nitrogens with zero attached hydrogens (tertiary/aromatic N) is 3. The smallest absolute Gasteiger partial charge is 0.326 e. The summed E-state index contributed by atoms with van der Waals surface area (Å²) < 4.78 is 2.09. The van der Waals surface area contributed by atoms with Crippen LogP contribution in [-0.2, 0) is 16.0 Å². The molecule has 2 fully saturated rings. The molecule has 1 saturated heterocycles. The third-order valence-electron chi connectivity index (χ3n) is 8.24. The second-order valence-electron chi connectivity index (χ2n) is 11.2. The zero-order valence-corrected chi connectivity index (χ0v) is 23.3. The summed E-state index contributed by atoms with van der Waals surface area (Å²) in [5.41, 5.74) is 3.88. The molecule has 3 aliphatic rings. The molecule has 2 aromatic heterocycles. The molecule has 0 bridgehead atoms. The molecule has 3 N–H and O–H groups in total. The Kier molecular flexibility index (Phi) is 6.97. The number of allylic oxidation sites excluding steroid dienone is 2. The van der Waals surface area contributed by atoms with E-state index in [9.17, 15) is 14.7 Å². The number of carboxylic acids is 1. The minimum atomic E-state index is -0.908. The maximum Gasteiger partial charge on any atom is 0.326 e. The van der Waals surface area contributed by atoms with Crippen LogP contribution in [0.4, 0.5) is 0 Å². The van der Waals surface area contributed by atoms with Gasteiger partial charge in [0, 0.05) is 29.3 Å². The van der Waals surface area contributed by atoms with Crippen molar-refractivity contribution in [3.8, 4) is 5.69 Å². The summed E-state index contributed by atoms with van der Waals surface area (Å²) in [6, 6.07) is 11.3. The first-order chi connectivity index (χ1) is 18.9. The molecule has 1 aromatic carbocycles. The molecule has 1 saturated carbocycles. The summed E-state index contributed by atoms with van der Waals surface area (Å²) in [5.74, 6) is 0.242. The summed E-state index contributed by atoms with van der Waals surface area (Å²) in [5, 5.41) is 17.2. The Morgan fingerprint density at radius 3 is 2.59 bits per heavy atom. The van der Waals surface area contributed by atoms with Crippen molar-refractivity contribution < 1.29 is 14.7 Å². The summed E-state index contributed by atoms with van der Waals surface area (Å²) >= 11 is 1.55. The third kappa shape index (κ3) is 4.65. The highest BCUT2D eigenvalue weighted by molar-refractivity contribution is 8.04. The number of nitrogens with one attached hydrogen (secondary N) is 2. The highest BCUT2D eigenvalue weighted by atomic mass is 32.2. The second kappa shape index (κ2) is 10.4. The largest absolute Gasteiger partial charge is 0.480 e. The Hall–Kier alpha value is -3.17. The van der Waals surface area contributed by atoms with Gasteiger partial charge in [0.1, 0.15) is 17.4 Å². The average molecular weight is 546 g/mol. The quantitative estimate of drug-likeness (QED) is 0.347. The van der Waals surface area contributed by atoms with E-state index in [0.29, 0.717) is 6.42 Å². The van der Waals surface area contributed by atoms with Crippen LogP contribution in [0.2, 0.25) is 0 Å². The number of hydrogen-bond acceptors (Lipinski definition) is 7. The fraction of sp³-hybridized carbons (Fsp3) is 0.467. The van der Waals surface area contributed by atoms with Gasteiger partial charge in [-0.2, -0.15) is 0 Å². The third-order valence-corrected chi connectivity index (χ3v) is 9.33. The van der Waals surface area contributed by atoms with Crippen LogP contribution >= 0.6 is 11.8 Å². The highest BCUT2D eigenvalue weighted by Crippen LogP contribution is 2.55. The van der Waals surface area contributed by atoms with E-state index in [2.05, 4.69) is 34.0 Å². The molecule has 1 aliphatic heterocycles. The lowest BCUT2D eigenvalue weighted by Gasteiger charge is -2.47. The number of aromatic nitrogens is 3. The van der Waals surface area contributed by atoms with E-state index in [-0.39, 0.29) is 17.1 Å². The number of aliphatic carboxylic acids is 1. The number of hydrogen-bond donors (Lipinski definition) is 3. The van der Waals surface area contributed by atoms with Gasteiger partial charge in [0.2, 0.25) is 0 Å². The molecule has 3 aromatic rings. The Labute approximate surface area is 232 Å². The first kappa shape index (κ1) is 26.1. The normalized spacial score (nSPS) is 21.2. The number of carbonyl (C=O) groups excluding carboxylic acids is 1. The summed E-state index contributed by atoms with van der Waals surface area (Å²) in [7, 11) is 0. The number of Topliss-reactive ketones (excluding diaryl/α,β-unsaturated/α-hetero) is 1. The van der Waals surface area contributed by atoms with Crippen LogP contribution in [0, 0.1) is 5.41 Å². The molecule has 6 rings (SSSR count). The number of ketones is 1. The number of imidazole rings is 1. The lowest BCUT2D eigenvalue weighted by Crippen LogP contribution is -2.54. The van der Waals surface area contributed by atoms with Crippen LogP contribution in [0.5, 0.6) is 0 Å². The van der Waals surface area contributed by atoms with E-state index in [0.717, 1.165) is 83.9 Å². The number of carbonyl (C=O) groups is 2. The maximum atomic E-state index is 13.3. The first-order valence-electron chi connectivity index (χ1n) is 14.0. The van der Waals surface area contributed by atoms with E-state index in [1.807, 2.05) is 36.4 Å². The molecule has 0 radical (unpaired) electrons. The van der Waals surface area contributed by atoms with Gasteiger partial charge in [-0.15, -0.1) is 11.8 Å². The predicted octanol–water partition coefficient (Wildman–Crippen LogP) is 4.93. The summed E-state index contributed by atoms with van der Waals surface area (Å²) in [6.45, 7) is 5.11. The average Bonchev–Trinajstić information content (AvgIpc) is 3.28. The van der Waals surface area contributed by atoms with Crippen LogP contribution in [0.25, 0.3) is 16.9 Å². The zero-order chi connectivity index (χ0) is 27.1. The van der Waals surface area contributed by atoms with Crippen LogP contribution < -0.4 is 10.6 Å². The van der Waals surface area contributed by atoms with Crippen molar-refractivity contribution in [2.75, 3.05) is 6.54 Å². The van der Waals surface area contributed by atoms with Gasteiger partial charge in [-0.05, 0) is 55.6 Å². The summed E-state index contributed by atoms with van der Waals surface area (Å²) in [6.07, 6.45) is 7.89. The second-order valence-corrected chi connectivity index (χ2v) is 12.8. The molecule has 204 valence electrons. The van der Waals surface area contributed by atoms with Crippen LogP contribution in [0.15, 0.2) is 53.2 Å². The van der Waals surface area contributed by atoms with Crippen molar-refractivity contribution in [1.29, 1.82) is 0 Å². The molecule has 0 amide bonds. The molecule has 0 unspecified atom stereocenters. The van der Waals surface area contributed by atoms with E-state index < -0.39 is 17.4 Å². The van der Waals surface area contributed by atoms with Crippen molar-refractivity contribution in [3.63, 3.8) is 0 Å². The lowest BCUT2D eigenvalue weighted by atomic mass is 9.62. The number of carboxylic acid groups (broad SMARTS) is 1. The maximum absolute atomic E-state index is 13.3. The molecule has 39 heavy (non-hydrogen) atoms. The Balaban J connectivity index is 1.26. The standard InChI is InChI=1S/C30H35N5O3S/c1-18(2)39-24-25(30(26(24)36)13-4-3-5-14-30)33-23(29(37)38)17-19-8-10-20(11-9-19)35-27-22(7-6-15-32-27)34-28(35)21-12-16-31-21/h6-11,15,18,21,23,31,33H,3-5,12-14,16-17H2,1-2H3,(H,37,38)/t21-,23-/m0/s1. The van der Waals surface area contributed by atoms with Crippen molar-refractivity contribution in [2.45, 2.75) is 76.1 Å². The van der Waals surface area contributed by atoms with E-state index in [1.54, 1.807) is 18.0 Å². The Morgan fingerprint density at radius 1 is 1.21 bits per heavy atom. The van der Waals surface area contributed by atoms with Crippen molar-refractivity contribution in [2.24, 2.45) is 5.41 Å². The molecule has 9 heteroatoms. The molecular formula is C30H35N5O3S. The number of fused-ring (bicyclic) bond motifs is 1. The lowest BCUT2D eigenvalue weighted by molar-refractivity contribution is -0.140. The fourth-order valence-electron chi connectivity index (χ4n) is 6.10. The summed E-state index contributed by atoms with van der Waals surface area (Å²) in [4.78, 5) is 35.8. The van der Waals surface area contributed by atoms with Crippen LogP contribution in [0.1, 0.15) is 69.8 Å². The van der Waals surface area contributed by atoms with Crippen LogP contribution in [-0.4, -0.2) is 49.2 Å². The van der Waals surface area contributed by atoms with Crippen LogP contribution in [0.3, 0.4) is 0 Å². The number of rotatable bonds is 9. The Bertz CT molecular complexity index is 1430. The van der Waals surface area contributed by atoms with Crippen molar-refractivity contribution in [3.05, 3.63) is 64.6 Å². The van der Waals surface area contributed by atoms with Crippen molar-refractivity contribution in [1.82, 2.24) is 25.2 Å². The van der Waals surface area contributed by atoms with Gasteiger partial charge in [-0.1, -0.05) is 45.2 Å². The molecule has 1 spiro atoms. The van der Waals surface area contributed by atoms with E-state index >= 15 is 0 Å². The molecule has 2 atom stereocenters. The van der Waals surface area contributed by atoms with E-state index in [1.165, 1.54) is 0 Å². The highest BCUT2D eigenvalue weighted by Gasteiger charge is 2.54. The van der Waals surface area contributed by atoms with Gasteiger partial charge in [0.25, 0.3) is 0 Å². The number of pyridine rings is 1. The minimum Gasteiger partial charge on any atom is -0.480 e. The minimum absolute atomic E-state index is 0.197. The van der Waals surface area contributed by atoms with Gasteiger partial charge in [-0.3, -0.25) is 9.36 Å². The van der Waals surface area contributed by atoms with Gasteiger partial charge >= 0.3 is 5.97 Å². The molecule has 2 aliphatic carbocycles. The monoisotopic (exact) mass is 545 g/mol. The number of thioether (sulfide) groups is 1. The van der Waals surface area contributed by atoms with Crippen molar-refractivity contribution >= 4 is 34.7 Å². The van der Waals surface area contributed by atoms with Gasteiger partial charge in [0.05, 0.1) is 16.4 Å². The predicted molar refractivity (Wildman–Crippen MR) is 153 cm³/mol. The fourth-order valence-corrected chi connectivity index (χ4v) is 7.25. The number of benzene rings is 1. The molecule has 3 heterocycles. The van der Waals surface area contributed by atoms with Gasteiger partial charge in [0.15, 0.2) is 11.4 Å². The zero-order valence-electron chi connectivity index (χ0n) is 22.4. The molecule has 8 nitrogen and oxygen atoms in total. The topological polar surface area (TPSA) is 109 Å². The van der Waals surface area contributed by atoms with Gasteiger partial charge < -0.3 is 15.7 Å². The Morgan fingerprint density at radius 2 is 1.95 bits per heavy atom. The van der Waals surface area contributed by atoms with E-state index in [4.69, 9.17) is 4.98 Å². The van der Waals surface area contributed by atoms with Gasteiger partial charge in [-0.25, -0.2) is 14.8 Å². The molecular weight excluding hydrogens is 510 g/mol. The SMILES string of the molecule is CC(C)SC1=C(N[C@@H](Cc2ccc(-n3c([C@@H]4CCN4)nc4cccnc43)cc2)C(=O)O)C2(CCCCC2)C1=O. The first-order valence-corrected chi connectivity index (χ1v) is 14.9.